The predicted molar refractivity (Wildman–Crippen MR) is 104 cm³/mol. The van der Waals surface area contributed by atoms with Crippen LogP contribution in [0, 0.1) is 23.2 Å². The van der Waals surface area contributed by atoms with E-state index >= 15 is 0 Å². The molecule has 10 heteroatoms. The zero-order valence-electron chi connectivity index (χ0n) is 16.4. The van der Waals surface area contributed by atoms with Crippen LogP contribution in [0.25, 0.3) is 0 Å². The molecule has 0 spiro atoms. The molecule has 2 heterocycles. The van der Waals surface area contributed by atoms with Gasteiger partial charge in [0.1, 0.15) is 11.4 Å². The molecule has 3 atom stereocenters. The van der Waals surface area contributed by atoms with Gasteiger partial charge in [0.05, 0.1) is 22.8 Å². The first-order valence-corrected chi connectivity index (χ1v) is 11.7. The highest BCUT2D eigenvalue weighted by molar-refractivity contribution is 8.00. The lowest BCUT2D eigenvalue weighted by Crippen LogP contribution is -2.51. The Balaban J connectivity index is 2.00. The average molecular weight is 414 g/mol. The number of rotatable bonds is 7. The Morgan fingerprint density at radius 3 is 2.63 bits per heavy atom. The fourth-order valence-electron chi connectivity index (χ4n) is 2.79. The molecule has 1 fully saturated rings. The molecule has 27 heavy (non-hydrogen) atoms. The molecule has 1 aliphatic rings. The summed E-state index contributed by atoms with van der Waals surface area (Å²) in [5.41, 5.74) is -0.926. The van der Waals surface area contributed by atoms with Crippen molar-refractivity contribution >= 4 is 27.5 Å². The van der Waals surface area contributed by atoms with Gasteiger partial charge < -0.3 is 9.88 Å². The number of amides is 1. The monoisotopic (exact) mass is 413 g/mol. The summed E-state index contributed by atoms with van der Waals surface area (Å²) in [4.78, 5) is 12.5. The second-order valence-electron chi connectivity index (χ2n) is 7.65. The molecular formula is C17H27N5O3S2. The third kappa shape index (κ3) is 5.23. The van der Waals surface area contributed by atoms with Crippen molar-refractivity contribution in [2.24, 2.45) is 18.9 Å². The van der Waals surface area contributed by atoms with Gasteiger partial charge in [0.25, 0.3) is 0 Å². The van der Waals surface area contributed by atoms with Crippen molar-refractivity contribution < 1.29 is 13.2 Å². The van der Waals surface area contributed by atoms with Crippen LogP contribution in [0.5, 0.6) is 0 Å². The van der Waals surface area contributed by atoms with Crippen molar-refractivity contribution in [3.05, 3.63) is 5.82 Å². The Morgan fingerprint density at radius 2 is 2.11 bits per heavy atom. The molecule has 1 amide bonds. The minimum atomic E-state index is -2.92. The summed E-state index contributed by atoms with van der Waals surface area (Å²) in [6.07, 6.45) is 1.21. The molecule has 2 rings (SSSR count). The molecule has 0 radical (unpaired) electrons. The predicted octanol–water partition coefficient (Wildman–Crippen LogP) is 1.33. The van der Waals surface area contributed by atoms with Crippen molar-refractivity contribution in [3.8, 4) is 6.07 Å². The molecule has 0 bridgehead atoms. The summed E-state index contributed by atoms with van der Waals surface area (Å²) in [5.74, 6) is 0.970. The van der Waals surface area contributed by atoms with E-state index in [4.69, 9.17) is 0 Å². The molecule has 0 aliphatic carbocycles. The number of carbonyl (C=O) groups is 1. The number of nitrogens with zero attached hydrogens (tertiary/aromatic N) is 4. The largest absolute Gasteiger partial charge is 0.337 e. The van der Waals surface area contributed by atoms with E-state index in [-0.39, 0.29) is 29.2 Å². The molecule has 0 aromatic carbocycles. The summed E-state index contributed by atoms with van der Waals surface area (Å²) in [5, 5.41) is 20.6. The first-order chi connectivity index (χ1) is 12.5. The number of nitriles is 1. The van der Waals surface area contributed by atoms with E-state index in [1.165, 1.54) is 11.8 Å². The van der Waals surface area contributed by atoms with E-state index in [0.717, 1.165) is 5.82 Å². The maximum absolute atomic E-state index is 12.5. The van der Waals surface area contributed by atoms with Crippen LogP contribution in [0.15, 0.2) is 5.16 Å². The van der Waals surface area contributed by atoms with Crippen molar-refractivity contribution in [2.75, 3.05) is 11.5 Å². The first-order valence-electron chi connectivity index (χ1n) is 8.96. The summed E-state index contributed by atoms with van der Waals surface area (Å²) in [6, 6.07) is 2.17. The van der Waals surface area contributed by atoms with Gasteiger partial charge in [0.2, 0.25) is 5.91 Å². The van der Waals surface area contributed by atoms with Gasteiger partial charge in [0.15, 0.2) is 15.0 Å². The Bertz CT molecular complexity index is 843. The molecule has 1 N–H and O–H groups in total. The molecule has 1 aliphatic heterocycles. The maximum Gasteiger partial charge on any atom is 0.234 e. The van der Waals surface area contributed by atoms with E-state index in [1.54, 1.807) is 13.8 Å². The fourth-order valence-corrected chi connectivity index (χ4v) is 5.48. The zero-order valence-corrected chi connectivity index (χ0v) is 18.0. The van der Waals surface area contributed by atoms with Crippen LogP contribution >= 0.6 is 11.8 Å². The molecule has 150 valence electrons. The number of aromatic nitrogens is 3. The van der Waals surface area contributed by atoms with Crippen LogP contribution in [0.1, 0.15) is 39.9 Å². The van der Waals surface area contributed by atoms with Gasteiger partial charge in [-0.1, -0.05) is 25.6 Å². The number of hydrogen-bond donors (Lipinski definition) is 1. The van der Waals surface area contributed by atoms with Crippen molar-refractivity contribution in [3.63, 3.8) is 0 Å². The van der Waals surface area contributed by atoms with Gasteiger partial charge in [-0.25, -0.2) is 8.42 Å². The number of carbonyl (C=O) groups excluding carboxylic acids is 1. The smallest absolute Gasteiger partial charge is 0.234 e. The Labute approximate surface area is 165 Å². The van der Waals surface area contributed by atoms with Gasteiger partial charge in [-0.05, 0) is 32.1 Å². The number of hydrogen-bond acceptors (Lipinski definition) is 7. The zero-order chi connectivity index (χ0) is 20.4. The van der Waals surface area contributed by atoms with Gasteiger partial charge in [0, 0.05) is 13.5 Å². The highest BCUT2D eigenvalue weighted by atomic mass is 32.2. The van der Waals surface area contributed by atoms with E-state index in [9.17, 15) is 18.5 Å². The Morgan fingerprint density at radius 1 is 1.44 bits per heavy atom. The lowest BCUT2D eigenvalue weighted by molar-refractivity contribution is -0.121. The summed E-state index contributed by atoms with van der Waals surface area (Å²) >= 11 is 1.27. The third-order valence-electron chi connectivity index (χ3n) is 5.14. The standard InChI is InChI=1S/C17H27N5O3S2/c1-11(2)17(4,10-18)19-15(23)12(3)26-16-21-20-14(22(16)5)8-13-6-7-27(24,25)9-13/h11-13H,6-9H2,1-5H3,(H,19,23)/t12-,13+,17+/m0/s1. The quantitative estimate of drug-likeness (QED) is 0.670. The van der Waals surface area contributed by atoms with E-state index in [2.05, 4.69) is 21.6 Å². The van der Waals surface area contributed by atoms with Crippen molar-refractivity contribution in [1.82, 2.24) is 20.1 Å². The Hall–Kier alpha value is -1.60. The maximum atomic E-state index is 12.5. The fraction of sp³-hybridized carbons (Fsp3) is 0.765. The van der Waals surface area contributed by atoms with Crippen LogP contribution < -0.4 is 5.32 Å². The minimum absolute atomic E-state index is 0.0206. The first kappa shape index (κ1) is 21.7. The number of nitrogens with one attached hydrogen (secondary N) is 1. The topological polar surface area (TPSA) is 118 Å². The van der Waals surface area contributed by atoms with E-state index in [1.807, 2.05) is 25.5 Å². The number of sulfone groups is 1. The Kier molecular flexibility index (Phi) is 6.58. The molecule has 1 saturated heterocycles. The van der Waals surface area contributed by atoms with Gasteiger partial charge in [-0.2, -0.15) is 5.26 Å². The van der Waals surface area contributed by atoms with E-state index < -0.39 is 20.6 Å². The SMILES string of the molecule is CC(C)[C@@](C)(C#N)NC(=O)[C@H](C)Sc1nnc(C[C@H]2CCS(=O)(=O)C2)n1C. The van der Waals surface area contributed by atoms with Gasteiger partial charge in [-0.3, -0.25) is 4.79 Å². The van der Waals surface area contributed by atoms with Crippen molar-refractivity contribution in [1.29, 1.82) is 5.26 Å². The molecule has 1 aromatic rings. The molecule has 8 nitrogen and oxygen atoms in total. The molecule has 1 aromatic heterocycles. The van der Waals surface area contributed by atoms with Crippen LogP contribution in [0.2, 0.25) is 0 Å². The van der Waals surface area contributed by atoms with Crippen molar-refractivity contribution in [2.45, 2.75) is 56.5 Å². The van der Waals surface area contributed by atoms with Crippen LogP contribution in [-0.4, -0.2) is 51.4 Å². The second-order valence-corrected chi connectivity index (χ2v) is 11.2. The summed E-state index contributed by atoms with van der Waals surface area (Å²) in [6.45, 7) is 7.25. The van der Waals surface area contributed by atoms with Crippen LogP contribution in [-0.2, 0) is 28.1 Å². The average Bonchev–Trinajstić information content (AvgIpc) is 3.10. The van der Waals surface area contributed by atoms with Gasteiger partial charge >= 0.3 is 0 Å². The molecule has 0 unspecified atom stereocenters. The second kappa shape index (κ2) is 8.19. The summed E-state index contributed by atoms with van der Waals surface area (Å²) < 4.78 is 25.0. The lowest BCUT2D eigenvalue weighted by atomic mass is 9.90. The van der Waals surface area contributed by atoms with Gasteiger partial charge in [-0.15, -0.1) is 10.2 Å². The third-order valence-corrected chi connectivity index (χ3v) is 8.12. The van der Waals surface area contributed by atoms with E-state index in [0.29, 0.717) is 18.0 Å². The summed E-state index contributed by atoms with van der Waals surface area (Å²) in [7, 11) is -1.10. The van der Waals surface area contributed by atoms with Crippen LogP contribution in [0.4, 0.5) is 0 Å². The molecular weight excluding hydrogens is 386 g/mol. The highest BCUT2D eigenvalue weighted by Gasteiger charge is 2.33. The highest BCUT2D eigenvalue weighted by Crippen LogP contribution is 2.26. The van der Waals surface area contributed by atoms with Crippen LogP contribution in [0.3, 0.4) is 0 Å². The molecule has 0 saturated carbocycles. The lowest BCUT2D eigenvalue weighted by Gasteiger charge is -2.28. The number of thioether (sulfide) groups is 1. The normalized spacial score (nSPS) is 22.2. The minimum Gasteiger partial charge on any atom is -0.337 e.